The van der Waals surface area contributed by atoms with Crippen molar-refractivity contribution in [3.63, 3.8) is 0 Å². The Hall–Kier alpha value is -0.830. The van der Waals surface area contributed by atoms with Crippen LogP contribution in [0.15, 0.2) is 18.2 Å². The molecule has 1 rings (SSSR count). The van der Waals surface area contributed by atoms with Crippen molar-refractivity contribution in [3.8, 4) is 0 Å². The van der Waals surface area contributed by atoms with Gasteiger partial charge in [0.1, 0.15) is 0 Å². The van der Waals surface area contributed by atoms with Crippen molar-refractivity contribution in [2.24, 2.45) is 0 Å². The van der Waals surface area contributed by atoms with E-state index in [1.54, 1.807) is 0 Å². The molecule has 0 saturated carbocycles. The SMILES string of the molecule is CCSCCC(C)Nc1cc(C)ccc1N. The number of hydrogen-bond acceptors (Lipinski definition) is 3. The van der Waals surface area contributed by atoms with Crippen LogP contribution in [0.1, 0.15) is 25.8 Å². The van der Waals surface area contributed by atoms with E-state index in [1.165, 1.54) is 23.5 Å². The Kier molecular flexibility index (Phi) is 5.53. The molecular formula is C13H22N2S. The minimum Gasteiger partial charge on any atom is -0.397 e. The minimum atomic E-state index is 0.475. The number of hydrogen-bond donors (Lipinski definition) is 2. The third kappa shape index (κ3) is 4.35. The standard InChI is InChI=1S/C13H22N2S/c1-4-16-8-7-11(3)15-13-9-10(2)5-6-12(13)14/h5-6,9,11,15H,4,7-8,14H2,1-3H3. The van der Waals surface area contributed by atoms with Crippen LogP contribution in [0.25, 0.3) is 0 Å². The molecule has 0 bridgehead atoms. The van der Waals surface area contributed by atoms with Crippen molar-refractivity contribution < 1.29 is 0 Å². The van der Waals surface area contributed by atoms with Gasteiger partial charge in [0.25, 0.3) is 0 Å². The molecule has 2 nitrogen and oxygen atoms in total. The zero-order valence-corrected chi connectivity index (χ0v) is 11.2. The molecule has 1 atom stereocenters. The quantitative estimate of drug-likeness (QED) is 0.588. The molecule has 0 saturated heterocycles. The molecule has 0 aromatic heterocycles. The predicted molar refractivity (Wildman–Crippen MR) is 76.3 cm³/mol. The lowest BCUT2D eigenvalue weighted by Gasteiger charge is -2.17. The summed E-state index contributed by atoms with van der Waals surface area (Å²) >= 11 is 1.98. The number of aryl methyl sites for hydroxylation is 1. The first kappa shape index (κ1) is 13.2. The van der Waals surface area contributed by atoms with Crippen molar-refractivity contribution >= 4 is 23.1 Å². The first-order chi connectivity index (χ1) is 7.63. The third-order valence-electron chi connectivity index (χ3n) is 2.51. The van der Waals surface area contributed by atoms with Crippen LogP contribution in [0.2, 0.25) is 0 Å². The van der Waals surface area contributed by atoms with Gasteiger partial charge in [-0.2, -0.15) is 11.8 Å². The van der Waals surface area contributed by atoms with Crippen LogP contribution in [-0.4, -0.2) is 17.5 Å². The molecule has 0 heterocycles. The highest BCUT2D eigenvalue weighted by Crippen LogP contribution is 2.21. The van der Waals surface area contributed by atoms with Gasteiger partial charge < -0.3 is 11.1 Å². The van der Waals surface area contributed by atoms with Crippen molar-refractivity contribution in [1.82, 2.24) is 0 Å². The van der Waals surface area contributed by atoms with Crippen molar-refractivity contribution in [2.75, 3.05) is 22.6 Å². The maximum absolute atomic E-state index is 5.92. The van der Waals surface area contributed by atoms with E-state index < -0.39 is 0 Å². The molecule has 3 heteroatoms. The first-order valence-corrected chi connectivity index (χ1v) is 6.99. The number of rotatable bonds is 6. The molecule has 0 aliphatic rings. The van der Waals surface area contributed by atoms with Crippen molar-refractivity contribution in [1.29, 1.82) is 0 Å². The van der Waals surface area contributed by atoms with Gasteiger partial charge in [0.15, 0.2) is 0 Å². The molecule has 0 radical (unpaired) electrons. The first-order valence-electron chi connectivity index (χ1n) is 5.84. The maximum atomic E-state index is 5.92. The van der Waals surface area contributed by atoms with Gasteiger partial charge in [-0.1, -0.05) is 13.0 Å². The fourth-order valence-electron chi connectivity index (χ4n) is 1.54. The van der Waals surface area contributed by atoms with Crippen LogP contribution >= 0.6 is 11.8 Å². The highest BCUT2D eigenvalue weighted by molar-refractivity contribution is 7.99. The number of anilines is 2. The lowest BCUT2D eigenvalue weighted by atomic mass is 10.1. The molecule has 3 N–H and O–H groups in total. The molecule has 0 spiro atoms. The van der Waals surface area contributed by atoms with E-state index in [9.17, 15) is 0 Å². The molecule has 1 unspecified atom stereocenters. The second kappa shape index (κ2) is 6.69. The number of thioether (sulfide) groups is 1. The Morgan fingerprint density at radius 1 is 1.44 bits per heavy atom. The summed E-state index contributed by atoms with van der Waals surface area (Å²) in [5, 5.41) is 3.47. The second-order valence-electron chi connectivity index (χ2n) is 4.12. The summed E-state index contributed by atoms with van der Waals surface area (Å²) in [6, 6.07) is 6.59. The summed E-state index contributed by atoms with van der Waals surface area (Å²) in [5.74, 6) is 2.40. The summed E-state index contributed by atoms with van der Waals surface area (Å²) in [6.45, 7) is 6.49. The van der Waals surface area contributed by atoms with Crippen LogP contribution in [0.4, 0.5) is 11.4 Å². The van der Waals surface area contributed by atoms with Gasteiger partial charge >= 0.3 is 0 Å². The highest BCUT2D eigenvalue weighted by atomic mass is 32.2. The van der Waals surface area contributed by atoms with Gasteiger partial charge in [0.2, 0.25) is 0 Å². The van der Waals surface area contributed by atoms with Crippen LogP contribution in [0.3, 0.4) is 0 Å². The largest absolute Gasteiger partial charge is 0.397 e. The normalized spacial score (nSPS) is 12.4. The molecule has 1 aromatic carbocycles. The summed E-state index contributed by atoms with van der Waals surface area (Å²) in [7, 11) is 0. The summed E-state index contributed by atoms with van der Waals surface area (Å²) < 4.78 is 0. The highest BCUT2D eigenvalue weighted by Gasteiger charge is 2.04. The van der Waals surface area contributed by atoms with E-state index in [2.05, 4.69) is 32.2 Å². The van der Waals surface area contributed by atoms with Gasteiger partial charge in [0.05, 0.1) is 11.4 Å². The Morgan fingerprint density at radius 3 is 2.88 bits per heavy atom. The van der Waals surface area contributed by atoms with Gasteiger partial charge in [-0.3, -0.25) is 0 Å². The molecule has 16 heavy (non-hydrogen) atoms. The number of nitrogens with two attached hydrogens (primary N) is 1. The maximum Gasteiger partial charge on any atom is 0.0578 e. The van der Waals surface area contributed by atoms with E-state index >= 15 is 0 Å². The predicted octanol–water partition coefficient (Wildman–Crippen LogP) is 3.52. The average molecular weight is 238 g/mol. The van der Waals surface area contributed by atoms with E-state index in [4.69, 9.17) is 5.73 Å². The van der Waals surface area contributed by atoms with E-state index in [1.807, 2.05) is 23.9 Å². The fraction of sp³-hybridized carbons (Fsp3) is 0.538. The Bertz CT molecular complexity index is 326. The van der Waals surface area contributed by atoms with Gasteiger partial charge in [0, 0.05) is 6.04 Å². The number of benzene rings is 1. The van der Waals surface area contributed by atoms with Gasteiger partial charge in [-0.05, 0) is 49.5 Å². The molecule has 0 aliphatic carbocycles. The molecule has 0 fully saturated rings. The monoisotopic (exact) mass is 238 g/mol. The molecule has 1 aromatic rings. The van der Waals surface area contributed by atoms with Gasteiger partial charge in [-0.15, -0.1) is 0 Å². The zero-order chi connectivity index (χ0) is 12.0. The van der Waals surface area contributed by atoms with E-state index in [-0.39, 0.29) is 0 Å². The van der Waals surface area contributed by atoms with Crippen molar-refractivity contribution in [3.05, 3.63) is 23.8 Å². The Morgan fingerprint density at radius 2 is 2.19 bits per heavy atom. The summed E-state index contributed by atoms with van der Waals surface area (Å²) in [6.07, 6.45) is 1.17. The fourth-order valence-corrected chi connectivity index (χ4v) is 2.35. The lowest BCUT2D eigenvalue weighted by Crippen LogP contribution is -2.17. The molecular weight excluding hydrogens is 216 g/mol. The van der Waals surface area contributed by atoms with E-state index in [0.29, 0.717) is 6.04 Å². The lowest BCUT2D eigenvalue weighted by molar-refractivity contribution is 0.772. The van der Waals surface area contributed by atoms with Crippen LogP contribution in [-0.2, 0) is 0 Å². The molecule has 90 valence electrons. The second-order valence-corrected chi connectivity index (χ2v) is 5.52. The average Bonchev–Trinajstić information content (AvgIpc) is 2.24. The van der Waals surface area contributed by atoms with Crippen LogP contribution < -0.4 is 11.1 Å². The third-order valence-corrected chi connectivity index (χ3v) is 3.44. The number of nitrogen functional groups attached to an aromatic ring is 1. The summed E-state index contributed by atoms with van der Waals surface area (Å²) in [4.78, 5) is 0. The molecule has 0 amide bonds. The van der Waals surface area contributed by atoms with Crippen molar-refractivity contribution in [2.45, 2.75) is 33.2 Å². The topological polar surface area (TPSA) is 38.0 Å². The summed E-state index contributed by atoms with van der Waals surface area (Å²) in [5.41, 5.74) is 9.07. The molecule has 0 aliphatic heterocycles. The van der Waals surface area contributed by atoms with E-state index in [0.717, 1.165) is 11.4 Å². The van der Waals surface area contributed by atoms with Crippen LogP contribution in [0, 0.1) is 6.92 Å². The minimum absolute atomic E-state index is 0.475. The Labute approximate surface area is 103 Å². The smallest absolute Gasteiger partial charge is 0.0578 e. The number of nitrogens with one attached hydrogen (secondary N) is 1. The van der Waals surface area contributed by atoms with Gasteiger partial charge in [-0.25, -0.2) is 0 Å². The zero-order valence-electron chi connectivity index (χ0n) is 10.4. The van der Waals surface area contributed by atoms with Crippen LogP contribution in [0.5, 0.6) is 0 Å². The Balaban J connectivity index is 2.48.